The van der Waals surface area contributed by atoms with Crippen LogP contribution >= 0.6 is 0 Å². The van der Waals surface area contributed by atoms with Gasteiger partial charge in [0.1, 0.15) is 0 Å². The Labute approximate surface area is 119 Å². The Hall–Kier alpha value is -1.40. The van der Waals surface area contributed by atoms with E-state index in [0.29, 0.717) is 30.8 Å². The fraction of sp³-hybridized carbons (Fsp3) is 0.500. The second-order valence-electron chi connectivity index (χ2n) is 5.33. The molecule has 0 atom stereocenters. The van der Waals surface area contributed by atoms with Gasteiger partial charge in [-0.2, -0.15) is 4.31 Å². The number of sulfonamides is 1. The van der Waals surface area contributed by atoms with Crippen LogP contribution in [0.4, 0.5) is 0 Å². The molecule has 0 radical (unpaired) electrons. The van der Waals surface area contributed by atoms with Crippen molar-refractivity contribution in [1.82, 2.24) is 4.31 Å². The van der Waals surface area contributed by atoms with Gasteiger partial charge in [-0.05, 0) is 49.9 Å². The van der Waals surface area contributed by atoms with E-state index < -0.39 is 10.0 Å². The first kappa shape index (κ1) is 15.0. The molecular formula is C14H20N2O3S. The summed E-state index contributed by atoms with van der Waals surface area (Å²) in [6, 6.07) is 5.15. The molecule has 1 aliphatic heterocycles. The Kier molecular flexibility index (Phi) is 4.15. The van der Waals surface area contributed by atoms with E-state index in [0.717, 1.165) is 11.1 Å². The highest BCUT2D eigenvalue weighted by Crippen LogP contribution is 2.24. The molecule has 0 aliphatic carbocycles. The molecule has 20 heavy (non-hydrogen) atoms. The molecule has 1 aromatic carbocycles. The van der Waals surface area contributed by atoms with Gasteiger partial charge in [-0.1, -0.05) is 6.07 Å². The predicted octanol–water partition coefficient (Wildman–Crippen LogP) is 1.19. The third-order valence-corrected chi connectivity index (χ3v) is 5.87. The Bertz CT molecular complexity index is 617. The lowest BCUT2D eigenvalue weighted by atomic mass is 9.98. The average molecular weight is 296 g/mol. The normalized spacial score (nSPS) is 18.1. The molecule has 2 N–H and O–H groups in total. The van der Waals surface area contributed by atoms with Gasteiger partial charge in [-0.25, -0.2) is 8.42 Å². The van der Waals surface area contributed by atoms with Gasteiger partial charge < -0.3 is 5.73 Å². The minimum atomic E-state index is -3.47. The standard InChI is InChI=1S/C14H20N2O3S/c1-10-3-4-13(9-11(10)2)20(18,19)16-7-5-12(6-8-16)14(15)17/h3-4,9,12H,5-8H2,1-2H3,(H2,15,17). The molecule has 1 heterocycles. The molecule has 0 aromatic heterocycles. The maximum Gasteiger partial charge on any atom is 0.243 e. The number of aryl methyl sites for hydroxylation is 2. The Morgan fingerprint density at radius 2 is 1.80 bits per heavy atom. The van der Waals surface area contributed by atoms with Crippen LogP contribution in [-0.4, -0.2) is 31.7 Å². The number of hydrogen-bond donors (Lipinski definition) is 1. The third-order valence-electron chi connectivity index (χ3n) is 3.97. The zero-order valence-electron chi connectivity index (χ0n) is 11.8. The SMILES string of the molecule is Cc1ccc(S(=O)(=O)N2CCC(C(N)=O)CC2)cc1C. The highest BCUT2D eigenvalue weighted by Gasteiger charge is 2.31. The minimum absolute atomic E-state index is 0.207. The highest BCUT2D eigenvalue weighted by molar-refractivity contribution is 7.89. The van der Waals surface area contributed by atoms with Crippen molar-refractivity contribution in [3.8, 4) is 0 Å². The molecule has 6 heteroatoms. The van der Waals surface area contributed by atoms with Crippen molar-refractivity contribution >= 4 is 15.9 Å². The predicted molar refractivity (Wildman–Crippen MR) is 76.6 cm³/mol. The number of amides is 1. The van der Waals surface area contributed by atoms with E-state index in [2.05, 4.69) is 0 Å². The molecule has 1 aromatic rings. The lowest BCUT2D eigenvalue weighted by Gasteiger charge is -2.29. The van der Waals surface area contributed by atoms with E-state index in [4.69, 9.17) is 5.73 Å². The molecule has 5 nitrogen and oxygen atoms in total. The summed E-state index contributed by atoms with van der Waals surface area (Å²) in [5.74, 6) is -0.547. The van der Waals surface area contributed by atoms with Crippen LogP contribution in [-0.2, 0) is 14.8 Å². The second-order valence-corrected chi connectivity index (χ2v) is 7.26. The smallest absolute Gasteiger partial charge is 0.243 e. The summed E-state index contributed by atoms with van der Waals surface area (Å²) in [7, 11) is -3.47. The van der Waals surface area contributed by atoms with Crippen LogP contribution in [0.1, 0.15) is 24.0 Å². The first-order valence-electron chi connectivity index (χ1n) is 6.69. The summed E-state index contributed by atoms with van der Waals surface area (Å²) < 4.78 is 26.5. The monoisotopic (exact) mass is 296 g/mol. The second kappa shape index (κ2) is 5.54. The maximum atomic E-state index is 12.5. The van der Waals surface area contributed by atoms with Crippen LogP contribution in [0.15, 0.2) is 23.1 Å². The number of nitrogens with zero attached hydrogens (tertiary/aromatic N) is 1. The van der Waals surface area contributed by atoms with Gasteiger partial charge in [0.2, 0.25) is 15.9 Å². The summed E-state index contributed by atoms with van der Waals surface area (Å²) in [6.07, 6.45) is 0.999. The van der Waals surface area contributed by atoms with E-state index in [9.17, 15) is 13.2 Å². The van der Waals surface area contributed by atoms with Crippen LogP contribution < -0.4 is 5.73 Å². The van der Waals surface area contributed by atoms with E-state index >= 15 is 0 Å². The number of primary amides is 1. The van der Waals surface area contributed by atoms with Crippen molar-refractivity contribution < 1.29 is 13.2 Å². The quantitative estimate of drug-likeness (QED) is 0.909. The van der Waals surface area contributed by atoms with Gasteiger partial charge in [-0.3, -0.25) is 4.79 Å². The van der Waals surface area contributed by atoms with E-state index in [1.54, 1.807) is 12.1 Å². The number of carbonyl (C=O) groups is 1. The molecule has 0 spiro atoms. The van der Waals surface area contributed by atoms with Gasteiger partial charge in [0, 0.05) is 19.0 Å². The molecule has 1 amide bonds. The van der Waals surface area contributed by atoms with Crippen molar-refractivity contribution in [1.29, 1.82) is 0 Å². The first-order chi connectivity index (χ1) is 9.32. The summed E-state index contributed by atoms with van der Waals surface area (Å²) in [4.78, 5) is 11.4. The maximum absolute atomic E-state index is 12.5. The van der Waals surface area contributed by atoms with Crippen LogP contribution in [0.25, 0.3) is 0 Å². The number of nitrogens with two attached hydrogens (primary N) is 1. The zero-order chi connectivity index (χ0) is 14.9. The third kappa shape index (κ3) is 2.86. The van der Waals surface area contributed by atoms with Crippen molar-refractivity contribution in [2.24, 2.45) is 11.7 Å². The van der Waals surface area contributed by atoms with E-state index in [1.165, 1.54) is 4.31 Å². The molecule has 2 rings (SSSR count). The van der Waals surface area contributed by atoms with Gasteiger partial charge >= 0.3 is 0 Å². The Morgan fingerprint density at radius 1 is 1.20 bits per heavy atom. The number of carbonyl (C=O) groups excluding carboxylic acids is 1. The Morgan fingerprint density at radius 3 is 2.30 bits per heavy atom. The fourth-order valence-electron chi connectivity index (χ4n) is 2.40. The molecule has 1 aliphatic rings. The lowest BCUT2D eigenvalue weighted by Crippen LogP contribution is -2.41. The minimum Gasteiger partial charge on any atom is -0.369 e. The molecular weight excluding hydrogens is 276 g/mol. The number of piperidine rings is 1. The molecule has 0 saturated carbocycles. The van der Waals surface area contributed by atoms with Crippen LogP contribution in [0.2, 0.25) is 0 Å². The van der Waals surface area contributed by atoms with Crippen molar-refractivity contribution in [3.63, 3.8) is 0 Å². The first-order valence-corrected chi connectivity index (χ1v) is 8.13. The van der Waals surface area contributed by atoms with Gasteiger partial charge in [-0.15, -0.1) is 0 Å². The van der Waals surface area contributed by atoms with Crippen LogP contribution in [0.5, 0.6) is 0 Å². The largest absolute Gasteiger partial charge is 0.369 e. The van der Waals surface area contributed by atoms with Gasteiger partial charge in [0.15, 0.2) is 0 Å². The summed E-state index contributed by atoms with van der Waals surface area (Å²) in [5, 5.41) is 0. The van der Waals surface area contributed by atoms with Gasteiger partial charge in [0.05, 0.1) is 4.90 Å². The summed E-state index contributed by atoms with van der Waals surface area (Å²) in [6.45, 7) is 4.55. The van der Waals surface area contributed by atoms with Gasteiger partial charge in [0.25, 0.3) is 0 Å². The highest BCUT2D eigenvalue weighted by atomic mass is 32.2. The molecule has 1 saturated heterocycles. The zero-order valence-corrected chi connectivity index (χ0v) is 12.6. The molecule has 0 unspecified atom stereocenters. The Balaban J connectivity index is 2.19. The molecule has 110 valence electrons. The molecule has 1 fully saturated rings. The number of hydrogen-bond acceptors (Lipinski definition) is 3. The van der Waals surface area contributed by atoms with Crippen molar-refractivity contribution in [2.45, 2.75) is 31.6 Å². The summed E-state index contributed by atoms with van der Waals surface area (Å²) >= 11 is 0. The fourth-order valence-corrected chi connectivity index (χ4v) is 3.96. The van der Waals surface area contributed by atoms with E-state index in [1.807, 2.05) is 19.9 Å². The van der Waals surface area contributed by atoms with E-state index in [-0.39, 0.29) is 11.8 Å². The molecule has 0 bridgehead atoms. The van der Waals surface area contributed by atoms with Crippen LogP contribution in [0.3, 0.4) is 0 Å². The summed E-state index contributed by atoms with van der Waals surface area (Å²) in [5.41, 5.74) is 7.29. The van der Waals surface area contributed by atoms with Crippen molar-refractivity contribution in [2.75, 3.05) is 13.1 Å². The lowest BCUT2D eigenvalue weighted by molar-refractivity contribution is -0.122. The number of benzene rings is 1. The van der Waals surface area contributed by atoms with Crippen LogP contribution in [0, 0.1) is 19.8 Å². The topological polar surface area (TPSA) is 80.5 Å². The van der Waals surface area contributed by atoms with Crippen molar-refractivity contribution in [3.05, 3.63) is 29.3 Å². The average Bonchev–Trinajstić information content (AvgIpc) is 2.41. The number of rotatable bonds is 3.